The van der Waals surface area contributed by atoms with Gasteiger partial charge in [0.2, 0.25) is 6.29 Å². The van der Waals surface area contributed by atoms with E-state index in [-0.39, 0.29) is 0 Å². The minimum atomic E-state index is -0.582. The molecule has 0 N–H and O–H groups in total. The fourth-order valence-electron chi connectivity index (χ4n) is 1.05. The van der Waals surface area contributed by atoms with E-state index >= 15 is 0 Å². The number of hydrogen-bond acceptors (Lipinski definition) is 4. The van der Waals surface area contributed by atoms with Gasteiger partial charge in [-0.05, 0) is 12.1 Å². The highest BCUT2D eigenvalue weighted by molar-refractivity contribution is 5.76. The maximum atomic E-state index is 10.6. The predicted octanol–water partition coefficient (Wildman–Crippen LogP) is 1.19. The Hall–Kier alpha value is -1.26. The number of carbonyl (C=O) groups is 1. The largest absolute Gasteiger partial charge is 0.350 e. The zero-order valence-electron chi connectivity index (χ0n) is 7.56. The van der Waals surface area contributed by atoms with E-state index in [1.54, 1.807) is 18.3 Å². The number of hydrogen-bond donors (Lipinski definition) is 0. The first kappa shape index (κ1) is 9.83. The molecule has 0 bridgehead atoms. The second-order valence-corrected chi connectivity index (χ2v) is 2.40. The van der Waals surface area contributed by atoms with Crippen LogP contribution >= 0.6 is 0 Å². The van der Waals surface area contributed by atoms with Gasteiger partial charge in [-0.2, -0.15) is 0 Å². The molecule has 1 rings (SSSR count). The lowest BCUT2D eigenvalue weighted by Crippen LogP contribution is -2.08. The van der Waals surface area contributed by atoms with Gasteiger partial charge < -0.3 is 9.47 Å². The minimum absolute atomic E-state index is 0.483. The van der Waals surface area contributed by atoms with Gasteiger partial charge >= 0.3 is 0 Å². The average Bonchev–Trinajstić information content (AvgIpc) is 2.20. The number of rotatable bonds is 4. The Morgan fingerprint density at radius 2 is 2.15 bits per heavy atom. The SMILES string of the molecule is COC(OC)c1ncccc1C=O. The Balaban J connectivity index is 3.03. The molecule has 4 nitrogen and oxygen atoms in total. The van der Waals surface area contributed by atoms with Gasteiger partial charge in [-0.25, -0.2) is 0 Å². The molecule has 0 atom stereocenters. The van der Waals surface area contributed by atoms with Crippen molar-refractivity contribution in [1.82, 2.24) is 4.98 Å². The van der Waals surface area contributed by atoms with Crippen LogP contribution in [0.3, 0.4) is 0 Å². The number of aromatic nitrogens is 1. The molecule has 0 aromatic carbocycles. The van der Waals surface area contributed by atoms with Crippen LogP contribution in [0.5, 0.6) is 0 Å². The molecule has 13 heavy (non-hydrogen) atoms. The summed E-state index contributed by atoms with van der Waals surface area (Å²) in [6, 6.07) is 3.36. The molecular weight excluding hydrogens is 170 g/mol. The first-order valence-corrected chi connectivity index (χ1v) is 3.79. The number of methoxy groups -OCH3 is 2. The molecule has 0 aliphatic rings. The van der Waals surface area contributed by atoms with Gasteiger partial charge in [-0.1, -0.05) is 0 Å². The predicted molar refractivity (Wildman–Crippen MR) is 46.4 cm³/mol. The number of pyridine rings is 1. The standard InChI is InChI=1S/C9H11NO3/c1-12-9(13-2)8-7(6-11)4-3-5-10-8/h3-6,9H,1-2H3. The van der Waals surface area contributed by atoms with Gasteiger partial charge in [0.25, 0.3) is 0 Å². The number of nitrogens with zero attached hydrogens (tertiary/aromatic N) is 1. The first-order chi connectivity index (χ1) is 6.33. The highest BCUT2D eigenvalue weighted by atomic mass is 16.7. The summed E-state index contributed by atoms with van der Waals surface area (Å²) in [5, 5.41) is 0. The molecule has 0 spiro atoms. The van der Waals surface area contributed by atoms with Crippen LogP contribution in [0.4, 0.5) is 0 Å². The lowest BCUT2D eigenvalue weighted by atomic mass is 10.2. The average molecular weight is 181 g/mol. The Labute approximate surface area is 76.5 Å². The molecule has 0 aliphatic heterocycles. The quantitative estimate of drug-likeness (QED) is 0.517. The summed E-state index contributed by atoms with van der Waals surface area (Å²) in [6.07, 6.45) is 1.74. The van der Waals surface area contributed by atoms with Crippen molar-refractivity contribution in [3.63, 3.8) is 0 Å². The van der Waals surface area contributed by atoms with Crippen LogP contribution in [0, 0.1) is 0 Å². The monoisotopic (exact) mass is 181 g/mol. The minimum Gasteiger partial charge on any atom is -0.350 e. The molecule has 4 heteroatoms. The summed E-state index contributed by atoms with van der Waals surface area (Å²) < 4.78 is 9.97. The maximum Gasteiger partial charge on any atom is 0.201 e. The van der Waals surface area contributed by atoms with Crippen molar-refractivity contribution in [1.29, 1.82) is 0 Å². The van der Waals surface area contributed by atoms with Crippen LogP contribution in [0.25, 0.3) is 0 Å². The van der Waals surface area contributed by atoms with Crippen LogP contribution in [0.15, 0.2) is 18.3 Å². The fourth-order valence-corrected chi connectivity index (χ4v) is 1.05. The van der Waals surface area contributed by atoms with Crippen molar-refractivity contribution in [3.05, 3.63) is 29.6 Å². The molecule has 1 aromatic rings. The Kier molecular flexibility index (Phi) is 3.54. The summed E-state index contributed by atoms with van der Waals surface area (Å²) in [5.74, 6) is 0. The van der Waals surface area contributed by atoms with Gasteiger partial charge in [0.05, 0.1) is 0 Å². The van der Waals surface area contributed by atoms with Crippen molar-refractivity contribution in [2.45, 2.75) is 6.29 Å². The second kappa shape index (κ2) is 4.69. The zero-order valence-corrected chi connectivity index (χ0v) is 7.56. The van der Waals surface area contributed by atoms with Crippen LogP contribution in [0.1, 0.15) is 22.3 Å². The van der Waals surface area contributed by atoms with Crippen molar-refractivity contribution < 1.29 is 14.3 Å². The lowest BCUT2D eigenvalue weighted by Gasteiger charge is -2.13. The lowest BCUT2D eigenvalue weighted by molar-refractivity contribution is -0.108. The summed E-state index contributed by atoms with van der Waals surface area (Å²) in [5.41, 5.74) is 0.985. The van der Waals surface area contributed by atoms with Crippen molar-refractivity contribution in [2.24, 2.45) is 0 Å². The van der Waals surface area contributed by atoms with E-state index in [0.717, 1.165) is 6.29 Å². The van der Waals surface area contributed by atoms with E-state index in [2.05, 4.69) is 4.98 Å². The summed E-state index contributed by atoms with van der Waals surface area (Å²) in [4.78, 5) is 14.6. The van der Waals surface area contributed by atoms with E-state index in [1.807, 2.05) is 0 Å². The van der Waals surface area contributed by atoms with E-state index in [0.29, 0.717) is 11.3 Å². The molecule has 0 saturated heterocycles. The van der Waals surface area contributed by atoms with E-state index < -0.39 is 6.29 Å². The second-order valence-electron chi connectivity index (χ2n) is 2.40. The van der Waals surface area contributed by atoms with Gasteiger partial charge in [0.1, 0.15) is 5.69 Å². The molecule has 70 valence electrons. The molecule has 0 saturated carbocycles. The summed E-state index contributed by atoms with van der Waals surface area (Å²) in [7, 11) is 2.99. The number of ether oxygens (including phenoxy) is 2. The van der Waals surface area contributed by atoms with Gasteiger partial charge in [0, 0.05) is 26.0 Å². The molecule has 0 radical (unpaired) electrons. The van der Waals surface area contributed by atoms with E-state index in [1.165, 1.54) is 14.2 Å². The molecular formula is C9H11NO3. The smallest absolute Gasteiger partial charge is 0.201 e. The van der Waals surface area contributed by atoms with E-state index in [4.69, 9.17) is 9.47 Å². The highest BCUT2D eigenvalue weighted by Crippen LogP contribution is 2.17. The summed E-state index contributed by atoms with van der Waals surface area (Å²) in [6.45, 7) is 0. The third kappa shape index (κ3) is 2.11. The first-order valence-electron chi connectivity index (χ1n) is 3.79. The van der Waals surface area contributed by atoms with Crippen LogP contribution in [0.2, 0.25) is 0 Å². The third-order valence-electron chi connectivity index (χ3n) is 1.65. The molecule has 1 heterocycles. The Bertz CT molecular complexity index is 284. The van der Waals surface area contributed by atoms with Gasteiger partial charge in [0.15, 0.2) is 6.29 Å². The molecule has 0 fully saturated rings. The maximum absolute atomic E-state index is 10.6. The van der Waals surface area contributed by atoms with Crippen molar-refractivity contribution >= 4 is 6.29 Å². The summed E-state index contributed by atoms with van der Waals surface area (Å²) >= 11 is 0. The van der Waals surface area contributed by atoms with Crippen molar-refractivity contribution in [2.75, 3.05) is 14.2 Å². The van der Waals surface area contributed by atoms with Crippen LogP contribution in [-0.4, -0.2) is 25.5 Å². The molecule has 0 unspecified atom stereocenters. The molecule has 1 aromatic heterocycles. The molecule has 0 aliphatic carbocycles. The van der Waals surface area contributed by atoms with Crippen LogP contribution < -0.4 is 0 Å². The normalized spacial score (nSPS) is 10.4. The molecule has 0 amide bonds. The Morgan fingerprint density at radius 3 is 2.69 bits per heavy atom. The Morgan fingerprint density at radius 1 is 1.46 bits per heavy atom. The fraction of sp³-hybridized carbons (Fsp3) is 0.333. The topological polar surface area (TPSA) is 48.4 Å². The van der Waals surface area contributed by atoms with Crippen LogP contribution in [-0.2, 0) is 9.47 Å². The van der Waals surface area contributed by atoms with Gasteiger partial charge in [-0.15, -0.1) is 0 Å². The highest BCUT2D eigenvalue weighted by Gasteiger charge is 2.14. The van der Waals surface area contributed by atoms with Gasteiger partial charge in [-0.3, -0.25) is 9.78 Å². The van der Waals surface area contributed by atoms with Crippen molar-refractivity contribution in [3.8, 4) is 0 Å². The zero-order chi connectivity index (χ0) is 9.68. The number of aldehydes is 1. The third-order valence-corrected chi connectivity index (χ3v) is 1.65. The number of carbonyl (C=O) groups excluding carboxylic acids is 1. The van der Waals surface area contributed by atoms with E-state index in [9.17, 15) is 4.79 Å².